The second-order valence-electron chi connectivity index (χ2n) is 16.3. The number of rotatable bonds is 33. The average Bonchev–Trinajstić information content (AvgIpc) is 3.30. The summed E-state index contributed by atoms with van der Waals surface area (Å²) in [6.45, 7) is 1.58. The maximum absolute atomic E-state index is 14.0. The van der Waals surface area contributed by atoms with Crippen LogP contribution in [0.15, 0.2) is 24.3 Å². The Bertz CT molecular complexity index is 1970. The van der Waals surface area contributed by atoms with Gasteiger partial charge in [-0.1, -0.05) is 32.4 Å². The number of carbonyl (C=O) groups is 11. The number of hydrogen-bond acceptors (Lipinski definition) is 17. The fourth-order valence-electron chi connectivity index (χ4n) is 6.26. The number of carboxylic acids is 1. The van der Waals surface area contributed by atoms with Gasteiger partial charge in [-0.25, -0.2) is 4.79 Å². The van der Waals surface area contributed by atoms with Crippen molar-refractivity contribution in [1.82, 2.24) is 42.5 Å². The summed E-state index contributed by atoms with van der Waals surface area (Å²) in [5.74, 6) is -12.7. The van der Waals surface area contributed by atoms with Crippen molar-refractivity contribution < 1.29 is 78.3 Å². The SMILES string of the molecule is CC[C@H](C)[C@H](NC(=O)[C@H](CCCCN)NC(=O)[C@H](CC(N)=O)NC(=O)[C@H](C)N)C(=O)N[C@@H](CO)C(=O)N[C@@H](Cc1ccc(O)cc1)C(=O)N[C@@H](CCC(N)=O)C(=O)N[C@@H](CO)C(=O)N[C@@H](CO)C(=O)O. The third kappa shape index (κ3) is 21.5. The van der Waals surface area contributed by atoms with Gasteiger partial charge in [0.25, 0.3) is 0 Å². The molecule has 70 heavy (non-hydrogen) atoms. The van der Waals surface area contributed by atoms with Crippen molar-refractivity contribution in [3.8, 4) is 5.75 Å². The number of unbranched alkanes of at least 4 members (excludes halogenated alkanes) is 1. The quantitative estimate of drug-likeness (QED) is 0.0291. The van der Waals surface area contributed by atoms with Gasteiger partial charge in [-0.2, -0.15) is 0 Å². The Morgan fingerprint density at radius 1 is 0.543 bits per heavy atom. The highest BCUT2D eigenvalue weighted by Crippen LogP contribution is 2.14. The molecule has 28 nitrogen and oxygen atoms in total. The first-order valence-electron chi connectivity index (χ1n) is 22.2. The summed E-state index contributed by atoms with van der Waals surface area (Å²) in [6.07, 6.45) is -1.11. The largest absolute Gasteiger partial charge is 0.508 e. The lowest BCUT2D eigenvalue weighted by molar-refractivity contribution is -0.143. The second-order valence-corrected chi connectivity index (χ2v) is 16.3. The number of carbonyl (C=O) groups excluding carboxylic acids is 10. The molecule has 10 amide bonds. The maximum atomic E-state index is 14.0. The standard InChI is InChI=1S/C42H68N12O16/c1-4-20(2)33(54-36(63)24(7-5-6-14-43)47-38(65)27(16-32(46)60)49-34(61)21(3)44)41(68)52-29(18-56)39(66)50-26(15-22-8-10-23(58)11-9-22)37(64)48-25(12-13-31(45)59)35(62)51-28(17-55)40(67)53-30(19-57)42(69)70/h8-11,20-21,24-30,33,55-58H,4-7,12-19,43-44H2,1-3H3,(H2,45,59)(H2,46,60)(H,47,65)(H,48,64)(H,49,61)(H,50,66)(H,51,62)(H,52,68)(H,53,67)(H,54,63)(H,69,70)/t20-,21-,24-,25-,26-,27-,28-,29-,30-,33-/m0/s1. The lowest BCUT2D eigenvalue weighted by Gasteiger charge is -2.29. The first kappa shape index (κ1) is 61.0. The molecule has 0 heterocycles. The highest BCUT2D eigenvalue weighted by atomic mass is 16.4. The number of amides is 10. The number of benzene rings is 1. The molecule has 21 N–H and O–H groups in total. The molecule has 392 valence electrons. The molecule has 0 saturated carbocycles. The summed E-state index contributed by atoms with van der Waals surface area (Å²) >= 11 is 0. The first-order valence-corrected chi connectivity index (χ1v) is 22.2. The van der Waals surface area contributed by atoms with Gasteiger partial charge in [0.15, 0.2) is 0 Å². The lowest BCUT2D eigenvalue weighted by atomic mass is 9.97. The van der Waals surface area contributed by atoms with Gasteiger partial charge in [-0.15, -0.1) is 0 Å². The minimum Gasteiger partial charge on any atom is -0.508 e. The number of nitrogens with one attached hydrogen (secondary N) is 8. The van der Waals surface area contributed by atoms with E-state index in [0.717, 1.165) is 0 Å². The second kappa shape index (κ2) is 31.2. The van der Waals surface area contributed by atoms with E-state index in [4.69, 9.17) is 22.9 Å². The topological polar surface area (TPSA) is 489 Å². The van der Waals surface area contributed by atoms with E-state index in [9.17, 15) is 78.3 Å². The van der Waals surface area contributed by atoms with E-state index < -0.39 is 164 Å². The summed E-state index contributed by atoms with van der Waals surface area (Å²) in [6, 6.07) is -8.97. The number of aliphatic carboxylic acids is 1. The zero-order valence-electron chi connectivity index (χ0n) is 39.1. The van der Waals surface area contributed by atoms with Gasteiger partial charge in [-0.3, -0.25) is 47.9 Å². The van der Waals surface area contributed by atoms with Crippen LogP contribution in [-0.2, 0) is 59.2 Å². The van der Waals surface area contributed by atoms with Gasteiger partial charge < -0.3 is 91.0 Å². The molecule has 28 heteroatoms. The Morgan fingerprint density at radius 3 is 1.44 bits per heavy atom. The number of phenolic OH excluding ortho intramolecular Hbond substituents is 1. The summed E-state index contributed by atoms with van der Waals surface area (Å²) in [7, 11) is 0. The Balaban J connectivity index is 3.50. The van der Waals surface area contributed by atoms with Crippen molar-refractivity contribution in [2.45, 2.75) is 127 Å². The maximum Gasteiger partial charge on any atom is 0.328 e. The normalized spacial score (nSPS) is 15.3. The number of carboxylic acid groups (broad SMARTS) is 1. The molecule has 0 radical (unpaired) electrons. The summed E-state index contributed by atoms with van der Waals surface area (Å²) in [4.78, 5) is 142. The molecule has 0 spiro atoms. The molecule has 1 rings (SSSR count). The van der Waals surface area contributed by atoms with Crippen molar-refractivity contribution in [2.24, 2.45) is 28.9 Å². The molecule has 0 fully saturated rings. The van der Waals surface area contributed by atoms with Crippen molar-refractivity contribution in [2.75, 3.05) is 26.4 Å². The molecule has 0 aliphatic carbocycles. The van der Waals surface area contributed by atoms with Crippen molar-refractivity contribution in [1.29, 1.82) is 0 Å². The van der Waals surface area contributed by atoms with Crippen LogP contribution in [0.2, 0.25) is 0 Å². The van der Waals surface area contributed by atoms with Gasteiger partial charge in [0.2, 0.25) is 59.1 Å². The van der Waals surface area contributed by atoms with Crippen LogP contribution in [0, 0.1) is 5.92 Å². The number of aliphatic hydroxyl groups excluding tert-OH is 3. The smallest absolute Gasteiger partial charge is 0.328 e. The summed E-state index contributed by atoms with van der Waals surface area (Å²) < 4.78 is 0. The molecule has 0 aliphatic rings. The van der Waals surface area contributed by atoms with E-state index in [2.05, 4.69) is 37.2 Å². The van der Waals surface area contributed by atoms with Gasteiger partial charge in [0, 0.05) is 12.8 Å². The zero-order chi connectivity index (χ0) is 53.2. The molecular formula is C42H68N12O16. The average molecular weight is 997 g/mol. The van der Waals surface area contributed by atoms with Crippen LogP contribution in [0.1, 0.15) is 71.3 Å². The third-order valence-electron chi connectivity index (χ3n) is 10.6. The fraction of sp³-hybridized carbons (Fsp3) is 0.595. The van der Waals surface area contributed by atoms with E-state index in [1.54, 1.807) is 13.8 Å². The molecular weight excluding hydrogens is 929 g/mol. The van der Waals surface area contributed by atoms with E-state index in [1.807, 2.05) is 5.32 Å². The van der Waals surface area contributed by atoms with Crippen molar-refractivity contribution in [3.63, 3.8) is 0 Å². The zero-order valence-corrected chi connectivity index (χ0v) is 39.1. The number of aliphatic hydroxyl groups is 3. The van der Waals surface area contributed by atoms with E-state index in [-0.39, 0.29) is 31.6 Å². The van der Waals surface area contributed by atoms with Crippen LogP contribution in [0.25, 0.3) is 0 Å². The monoisotopic (exact) mass is 996 g/mol. The highest BCUT2D eigenvalue weighted by molar-refractivity contribution is 5.99. The Morgan fingerprint density at radius 2 is 0.971 bits per heavy atom. The first-order chi connectivity index (χ1) is 32.9. The van der Waals surface area contributed by atoms with E-state index in [0.29, 0.717) is 18.4 Å². The molecule has 0 aliphatic heterocycles. The van der Waals surface area contributed by atoms with Crippen molar-refractivity contribution >= 4 is 65.0 Å². The van der Waals surface area contributed by atoms with Crippen LogP contribution in [-0.4, -0.2) is 171 Å². The predicted octanol–water partition coefficient (Wildman–Crippen LogP) is -7.46. The third-order valence-corrected chi connectivity index (χ3v) is 10.6. The minimum atomic E-state index is -1.83. The minimum absolute atomic E-state index is 0.0272. The van der Waals surface area contributed by atoms with Crippen LogP contribution >= 0.6 is 0 Å². The van der Waals surface area contributed by atoms with Crippen LogP contribution in [0.4, 0.5) is 0 Å². The summed E-state index contributed by atoms with van der Waals surface area (Å²) in [5.41, 5.74) is 22.1. The van der Waals surface area contributed by atoms with Gasteiger partial charge in [0.05, 0.1) is 32.3 Å². The number of primary amides is 2. The molecule has 10 atom stereocenters. The Labute approximate surface area is 402 Å². The number of hydrogen-bond donors (Lipinski definition) is 17. The molecule has 0 unspecified atom stereocenters. The Hall–Kier alpha value is -7.01. The lowest BCUT2D eigenvalue weighted by Crippen LogP contribution is -2.62. The molecule has 0 saturated heterocycles. The van der Waals surface area contributed by atoms with E-state index in [1.165, 1.54) is 31.2 Å². The summed E-state index contributed by atoms with van der Waals surface area (Å²) in [5, 5.41) is 66.9. The van der Waals surface area contributed by atoms with Crippen molar-refractivity contribution in [3.05, 3.63) is 29.8 Å². The molecule has 0 aromatic heterocycles. The molecule has 0 bridgehead atoms. The fourth-order valence-corrected chi connectivity index (χ4v) is 6.26. The predicted molar refractivity (Wildman–Crippen MR) is 244 cm³/mol. The van der Waals surface area contributed by atoms with Crippen LogP contribution in [0.3, 0.4) is 0 Å². The number of aromatic hydroxyl groups is 1. The van der Waals surface area contributed by atoms with Gasteiger partial charge >= 0.3 is 5.97 Å². The van der Waals surface area contributed by atoms with E-state index >= 15 is 0 Å². The van der Waals surface area contributed by atoms with Gasteiger partial charge in [-0.05, 0) is 62.8 Å². The van der Waals surface area contributed by atoms with Gasteiger partial charge in [0.1, 0.15) is 54.1 Å². The molecule has 1 aromatic carbocycles. The number of phenols is 1. The highest BCUT2D eigenvalue weighted by Gasteiger charge is 2.36. The molecule has 1 aromatic rings. The van der Waals surface area contributed by atoms with Crippen LogP contribution < -0.4 is 65.5 Å². The number of nitrogens with two attached hydrogens (primary N) is 4. The van der Waals surface area contributed by atoms with Crippen LogP contribution in [0.5, 0.6) is 5.75 Å². The Kier molecular flexibility index (Phi) is 27.2.